The second-order valence-corrected chi connectivity index (χ2v) is 8.26. The first kappa shape index (κ1) is 16.3. The molecule has 1 saturated heterocycles. The standard InChI is InChI=1S/C16H25NO3S/c1-11-7-14(4)16(15(8-11)20-5)21(18,19)17-9-12(2)6-13(3)10-17/h7-8,12-13H,6,9-10H2,1-5H3/t12-,13+. The molecular weight excluding hydrogens is 286 g/mol. The van der Waals surface area contributed by atoms with Gasteiger partial charge in [-0.1, -0.05) is 19.9 Å². The molecule has 118 valence electrons. The largest absolute Gasteiger partial charge is 0.495 e. The van der Waals surface area contributed by atoms with Crippen molar-refractivity contribution in [2.75, 3.05) is 20.2 Å². The maximum absolute atomic E-state index is 13.0. The highest BCUT2D eigenvalue weighted by atomic mass is 32.2. The molecule has 0 unspecified atom stereocenters. The van der Waals surface area contributed by atoms with Crippen molar-refractivity contribution in [3.8, 4) is 5.75 Å². The lowest BCUT2D eigenvalue weighted by atomic mass is 9.94. The first-order chi connectivity index (χ1) is 9.75. The lowest BCUT2D eigenvalue weighted by Crippen LogP contribution is -2.42. The minimum Gasteiger partial charge on any atom is -0.495 e. The van der Waals surface area contributed by atoms with Crippen molar-refractivity contribution in [2.45, 2.75) is 39.0 Å². The van der Waals surface area contributed by atoms with Crippen molar-refractivity contribution in [1.82, 2.24) is 4.31 Å². The first-order valence-corrected chi connectivity index (χ1v) is 8.85. The summed E-state index contributed by atoms with van der Waals surface area (Å²) < 4.78 is 33.0. The van der Waals surface area contributed by atoms with Gasteiger partial charge in [0.25, 0.3) is 0 Å². The molecule has 4 nitrogen and oxygen atoms in total. The van der Waals surface area contributed by atoms with E-state index in [0.29, 0.717) is 35.6 Å². The van der Waals surface area contributed by atoms with Gasteiger partial charge in [0.2, 0.25) is 10.0 Å². The summed E-state index contributed by atoms with van der Waals surface area (Å²) >= 11 is 0. The highest BCUT2D eigenvalue weighted by Gasteiger charge is 2.34. The van der Waals surface area contributed by atoms with E-state index >= 15 is 0 Å². The Morgan fingerprint density at radius 2 is 1.71 bits per heavy atom. The van der Waals surface area contributed by atoms with Gasteiger partial charge in [-0.05, 0) is 49.3 Å². The summed E-state index contributed by atoms with van der Waals surface area (Å²) in [7, 11) is -1.99. The van der Waals surface area contributed by atoms with Crippen molar-refractivity contribution >= 4 is 10.0 Å². The predicted octanol–water partition coefficient (Wildman–Crippen LogP) is 2.98. The van der Waals surface area contributed by atoms with Gasteiger partial charge in [-0.3, -0.25) is 0 Å². The molecule has 0 N–H and O–H groups in total. The van der Waals surface area contributed by atoms with Gasteiger partial charge in [-0.2, -0.15) is 4.31 Å². The topological polar surface area (TPSA) is 46.6 Å². The van der Waals surface area contributed by atoms with E-state index in [2.05, 4.69) is 13.8 Å². The van der Waals surface area contributed by atoms with Crippen molar-refractivity contribution in [3.05, 3.63) is 23.3 Å². The van der Waals surface area contributed by atoms with Gasteiger partial charge in [0, 0.05) is 13.1 Å². The third-order valence-electron chi connectivity index (χ3n) is 4.04. The number of benzene rings is 1. The molecule has 1 aliphatic rings. The molecule has 0 saturated carbocycles. The molecule has 2 atom stereocenters. The molecule has 0 amide bonds. The van der Waals surface area contributed by atoms with Crippen LogP contribution in [0.3, 0.4) is 0 Å². The van der Waals surface area contributed by atoms with E-state index in [-0.39, 0.29) is 0 Å². The molecule has 0 aromatic heterocycles. The summed E-state index contributed by atoms with van der Waals surface area (Å²) in [6.45, 7) is 9.16. The van der Waals surface area contributed by atoms with E-state index in [9.17, 15) is 8.42 Å². The summed E-state index contributed by atoms with van der Waals surface area (Å²) in [6, 6.07) is 3.68. The number of hydrogen-bond acceptors (Lipinski definition) is 3. The highest BCUT2D eigenvalue weighted by molar-refractivity contribution is 7.89. The Morgan fingerprint density at radius 1 is 1.14 bits per heavy atom. The molecule has 21 heavy (non-hydrogen) atoms. The minimum atomic E-state index is -3.51. The summed E-state index contributed by atoms with van der Waals surface area (Å²) in [5.41, 5.74) is 1.75. The molecule has 1 aliphatic heterocycles. The van der Waals surface area contributed by atoms with Gasteiger partial charge in [0.1, 0.15) is 10.6 Å². The fourth-order valence-corrected chi connectivity index (χ4v) is 5.35. The molecule has 1 aromatic rings. The monoisotopic (exact) mass is 311 g/mol. The smallest absolute Gasteiger partial charge is 0.247 e. The quantitative estimate of drug-likeness (QED) is 0.862. The van der Waals surface area contributed by atoms with Crippen LogP contribution in [0.2, 0.25) is 0 Å². The van der Waals surface area contributed by atoms with Crippen molar-refractivity contribution in [3.63, 3.8) is 0 Å². The Morgan fingerprint density at radius 3 is 2.24 bits per heavy atom. The van der Waals surface area contributed by atoms with Crippen LogP contribution in [0.25, 0.3) is 0 Å². The van der Waals surface area contributed by atoms with Crippen LogP contribution in [0.1, 0.15) is 31.4 Å². The van der Waals surface area contributed by atoms with Crippen LogP contribution in [0.4, 0.5) is 0 Å². The summed E-state index contributed by atoms with van der Waals surface area (Å²) in [6.07, 6.45) is 1.08. The van der Waals surface area contributed by atoms with E-state index in [1.807, 2.05) is 19.9 Å². The zero-order valence-electron chi connectivity index (χ0n) is 13.5. The van der Waals surface area contributed by atoms with Crippen molar-refractivity contribution in [1.29, 1.82) is 0 Å². The number of sulfonamides is 1. The fourth-order valence-electron chi connectivity index (χ4n) is 3.33. The van der Waals surface area contributed by atoms with Crippen LogP contribution in [0.5, 0.6) is 5.75 Å². The van der Waals surface area contributed by atoms with Gasteiger partial charge in [-0.25, -0.2) is 8.42 Å². The van der Waals surface area contributed by atoms with E-state index in [1.165, 1.54) is 7.11 Å². The molecule has 0 aliphatic carbocycles. The zero-order chi connectivity index (χ0) is 15.8. The number of piperidine rings is 1. The second-order valence-electron chi connectivity index (χ2n) is 6.38. The SMILES string of the molecule is COc1cc(C)cc(C)c1S(=O)(=O)N1C[C@H](C)C[C@H](C)C1. The Hall–Kier alpha value is -1.07. The Bertz CT molecular complexity index is 615. The van der Waals surface area contributed by atoms with Crippen LogP contribution < -0.4 is 4.74 Å². The van der Waals surface area contributed by atoms with E-state index < -0.39 is 10.0 Å². The lowest BCUT2D eigenvalue weighted by Gasteiger charge is -2.34. The van der Waals surface area contributed by atoms with Gasteiger partial charge < -0.3 is 4.74 Å². The molecule has 1 fully saturated rings. The molecule has 5 heteroatoms. The molecule has 0 radical (unpaired) electrons. The second kappa shape index (κ2) is 5.97. The van der Waals surface area contributed by atoms with Crippen LogP contribution in [-0.4, -0.2) is 32.9 Å². The minimum absolute atomic E-state index is 0.317. The normalized spacial score (nSPS) is 24.0. The number of hydrogen-bond donors (Lipinski definition) is 0. The highest BCUT2D eigenvalue weighted by Crippen LogP contribution is 2.34. The van der Waals surface area contributed by atoms with Crippen molar-refractivity contribution < 1.29 is 13.2 Å². The van der Waals surface area contributed by atoms with Gasteiger partial charge in [0.05, 0.1) is 7.11 Å². The Kier molecular flexibility index (Phi) is 4.63. The fraction of sp³-hybridized carbons (Fsp3) is 0.625. The maximum Gasteiger partial charge on any atom is 0.247 e. The molecule has 0 bridgehead atoms. The van der Waals surface area contributed by atoms with Crippen LogP contribution >= 0.6 is 0 Å². The van der Waals surface area contributed by atoms with Crippen LogP contribution in [0, 0.1) is 25.7 Å². The molecule has 0 spiro atoms. The number of aryl methyl sites for hydroxylation is 2. The number of methoxy groups -OCH3 is 1. The number of rotatable bonds is 3. The Balaban J connectivity index is 2.49. The molecular formula is C16H25NO3S. The van der Waals surface area contributed by atoms with Gasteiger partial charge in [-0.15, -0.1) is 0 Å². The molecule has 1 aromatic carbocycles. The predicted molar refractivity (Wildman–Crippen MR) is 84.2 cm³/mol. The third kappa shape index (κ3) is 3.24. The van der Waals surface area contributed by atoms with E-state index in [4.69, 9.17) is 4.74 Å². The third-order valence-corrected chi connectivity index (χ3v) is 6.06. The maximum atomic E-state index is 13.0. The van der Waals surface area contributed by atoms with E-state index in [1.54, 1.807) is 10.4 Å². The average Bonchev–Trinajstić information content (AvgIpc) is 2.35. The van der Waals surface area contributed by atoms with Gasteiger partial charge in [0.15, 0.2) is 0 Å². The first-order valence-electron chi connectivity index (χ1n) is 7.41. The van der Waals surface area contributed by atoms with Gasteiger partial charge >= 0.3 is 0 Å². The summed E-state index contributed by atoms with van der Waals surface area (Å²) in [5, 5.41) is 0. The molecule has 1 heterocycles. The Labute approximate surface area is 128 Å². The summed E-state index contributed by atoms with van der Waals surface area (Å²) in [4.78, 5) is 0.317. The number of nitrogens with zero attached hydrogens (tertiary/aromatic N) is 1. The molecule has 2 rings (SSSR count). The van der Waals surface area contributed by atoms with E-state index in [0.717, 1.165) is 17.5 Å². The lowest BCUT2D eigenvalue weighted by molar-refractivity contribution is 0.222. The van der Waals surface area contributed by atoms with Crippen LogP contribution in [0.15, 0.2) is 17.0 Å². The average molecular weight is 311 g/mol. The van der Waals surface area contributed by atoms with Crippen LogP contribution in [-0.2, 0) is 10.0 Å². The summed E-state index contributed by atoms with van der Waals surface area (Å²) in [5.74, 6) is 1.22. The van der Waals surface area contributed by atoms with Crippen molar-refractivity contribution in [2.24, 2.45) is 11.8 Å². The zero-order valence-corrected chi connectivity index (χ0v) is 14.3. The number of ether oxygens (including phenoxy) is 1.